The number of esters is 1. The number of carbonyl (C=O) groups is 11. The lowest BCUT2D eigenvalue weighted by Crippen LogP contribution is -2.64. The summed E-state index contributed by atoms with van der Waals surface area (Å²) in [4.78, 5) is 152. The number of aliphatic hydroxyl groups is 3. The van der Waals surface area contributed by atoms with Crippen LogP contribution in [0.2, 0.25) is 0 Å². The molecule has 25 heteroatoms. The average molecular weight is 1150 g/mol. The zero-order chi connectivity index (χ0) is 61.7. The van der Waals surface area contributed by atoms with E-state index in [1.54, 1.807) is 69.2 Å². The summed E-state index contributed by atoms with van der Waals surface area (Å²) in [6.07, 6.45) is 3.49. The van der Waals surface area contributed by atoms with Crippen molar-refractivity contribution in [3.63, 3.8) is 0 Å². The Balaban J connectivity index is 3.93. The zero-order valence-electron chi connectivity index (χ0n) is 49.9. The Labute approximate surface area is 478 Å². The van der Waals surface area contributed by atoms with Gasteiger partial charge in [-0.15, -0.1) is 0 Å². The SMILES string of the molecule is CCCCCCCCC[C@H](O)CC(=O)N[C@@H](CC(C)C)C(=O)N[C@H](CCC(=O)O)C(=O)N[C@H]1C(=O)N[C@H](C(C)C)C(=O)N[C@@H](CC(C)C)C(=O)N[C@H](CO)C(=O)N[C@@H](CC(C)C)C(=O)N[C@H](CO)C(=O)N[C@@H](C(C)CC)C(=O)OC1C. The van der Waals surface area contributed by atoms with Gasteiger partial charge < -0.3 is 73.0 Å². The fourth-order valence-electron chi connectivity index (χ4n) is 8.97. The van der Waals surface area contributed by atoms with Crippen molar-refractivity contribution < 1.29 is 77.9 Å². The third-order valence-electron chi connectivity index (χ3n) is 13.9. The van der Waals surface area contributed by atoms with E-state index < -0.39 is 170 Å². The number of carboxylic acids is 1. The lowest BCUT2D eigenvalue weighted by Gasteiger charge is -2.32. The van der Waals surface area contributed by atoms with Crippen molar-refractivity contribution in [2.75, 3.05) is 13.2 Å². The first-order chi connectivity index (χ1) is 38.0. The first-order valence-electron chi connectivity index (χ1n) is 29.0. The summed E-state index contributed by atoms with van der Waals surface area (Å²) >= 11 is 0. The molecule has 0 aromatic carbocycles. The normalized spacial score (nSPS) is 23.7. The van der Waals surface area contributed by atoms with Crippen molar-refractivity contribution >= 4 is 65.1 Å². The number of nitrogens with one attached hydrogen (secondary N) is 9. The van der Waals surface area contributed by atoms with Gasteiger partial charge in [-0.3, -0.25) is 47.9 Å². The molecule has 0 aromatic rings. The molecular formula is C56H99N9O16. The fourth-order valence-corrected chi connectivity index (χ4v) is 8.97. The summed E-state index contributed by atoms with van der Waals surface area (Å²) in [5.41, 5.74) is 0. The smallest absolute Gasteiger partial charge is 0.329 e. The number of carboxylic acid groups (broad SMARTS) is 1. The van der Waals surface area contributed by atoms with E-state index in [0.29, 0.717) is 12.8 Å². The van der Waals surface area contributed by atoms with E-state index in [-0.39, 0.29) is 49.9 Å². The molecule has 1 heterocycles. The van der Waals surface area contributed by atoms with Crippen molar-refractivity contribution in [1.82, 2.24) is 47.9 Å². The Hall–Kier alpha value is -5.95. The molecule has 2 unspecified atom stereocenters. The van der Waals surface area contributed by atoms with Gasteiger partial charge in [-0.05, 0) is 68.6 Å². The number of unbranched alkanes of at least 4 members (excludes halogenated alkanes) is 6. The van der Waals surface area contributed by atoms with Gasteiger partial charge in [0.1, 0.15) is 60.5 Å². The van der Waals surface area contributed by atoms with Gasteiger partial charge in [0, 0.05) is 6.42 Å². The van der Waals surface area contributed by atoms with Crippen molar-refractivity contribution in [3.05, 3.63) is 0 Å². The highest BCUT2D eigenvalue weighted by Gasteiger charge is 2.40. The van der Waals surface area contributed by atoms with E-state index in [0.717, 1.165) is 38.5 Å². The summed E-state index contributed by atoms with van der Waals surface area (Å²) in [7, 11) is 0. The largest absolute Gasteiger partial charge is 0.481 e. The van der Waals surface area contributed by atoms with Gasteiger partial charge in [0.15, 0.2) is 0 Å². The molecular weight excluding hydrogens is 1050 g/mol. The van der Waals surface area contributed by atoms with Crippen molar-refractivity contribution in [2.45, 2.75) is 246 Å². The Kier molecular flexibility index (Phi) is 34.2. The first-order valence-corrected chi connectivity index (χ1v) is 29.0. The molecule has 1 fully saturated rings. The highest BCUT2D eigenvalue weighted by Crippen LogP contribution is 2.17. The van der Waals surface area contributed by atoms with Crippen LogP contribution < -0.4 is 47.9 Å². The van der Waals surface area contributed by atoms with Crippen LogP contribution in [0, 0.1) is 29.6 Å². The number of rotatable bonds is 29. The van der Waals surface area contributed by atoms with Crippen LogP contribution >= 0.6 is 0 Å². The van der Waals surface area contributed by atoms with E-state index in [2.05, 4.69) is 54.8 Å². The van der Waals surface area contributed by atoms with E-state index in [9.17, 15) is 73.2 Å². The summed E-state index contributed by atoms with van der Waals surface area (Å²) in [5.74, 6) is -13.4. The van der Waals surface area contributed by atoms with Crippen LogP contribution in [0.1, 0.15) is 179 Å². The van der Waals surface area contributed by atoms with Crippen LogP contribution in [0.3, 0.4) is 0 Å². The summed E-state index contributed by atoms with van der Waals surface area (Å²) < 4.78 is 5.83. The Bertz CT molecular complexity index is 2060. The molecule has 1 aliphatic rings. The van der Waals surface area contributed by atoms with Gasteiger partial charge >= 0.3 is 11.9 Å². The molecule has 1 saturated heterocycles. The van der Waals surface area contributed by atoms with Gasteiger partial charge in [0.05, 0.1) is 25.7 Å². The van der Waals surface area contributed by atoms with E-state index >= 15 is 0 Å². The van der Waals surface area contributed by atoms with Gasteiger partial charge in [0.25, 0.3) is 0 Å². The van der Waals surface area contributed by atoms with Crippen LogP contribution in [0.25, 0.3) is 0 Å². The Morgan fingerprint density at radius 1 is 0.568 bits per heavy atom. The molecule has 25 nitrogen and oxygen atoms in total. The lowest BCUT2D eigenvalue weighted by atomic mass is 9.98. The molecule has 464 valence electrons. The van der Waals surface area contributed by atoms with E-state index in [1.165, 1.54) is 6.92 Å². The van der Waals surface area contributed by atoms with Gasteiger partial charge in [-0.1, -0.05) is 128 Å². The number of aliphatic carboxylic acids is 1. The molecule has 9 amide bonds. The molecule has 81 heavy (non-hydrogen) atoms. The molecule has 12 atom stereocenters. The minimum Gasteiger partial charge on any atom is -0.481 e. The van der Waals surface area contributed by atoms with E-state index in [4.69, 9.17) is 4.74 Å². The zero-order valence-corrected chi connectivity index (χ0v) is 49.9. The molecule has 1 aliphatic heterocycles. The molecule has 0 bridgehead atoms. The monoisotopic (exact) mass is 1150 g/mol. The number of hydrogen-bond donors (Lipinski definition) is 13. The second-order valence-electron chi connectivity index (χ2n) is 23.1. The molecule has 0 aromatic heterocycles. The highest BCUT2D eigenvalue weighted by molar-refractivity contribution is 5.99. The first kappa shape index (κ1) is 73.1. The van der Waals surface area contributed by atoms with E-state index in [1.807, 2.05) is 0 Å². The predicted octanol–water partition coefficient (Wildman–Crippen LogP) is 0.876. The standard InChI is InChI=1S/C56H99N9O16/c1-13-15-16-17-18-19-20-21-36(68)27-43(69)57-38(24-30(3)4)49(73)58-37(22-23-44(70)71)48(72)65-47-35(12)81-56(80)46(34(11)14-2)64-53(77)42(29-67)62-50(74)39(25-31(5)6)59-52(76)41(28-66)61-51(75)40(26-32(7)8)60-54(78)45(33(9)10)63-55(47)79/h30-42,45-47,66-68H,13-29H2,1-12H3,(H,57,69)(H,58,73)(H,59,76)(H,60,78)(H,61,75)(H,62,74)(H,63,79)(H,64,77)(H,65,72)(H,70,71)/t34?,35?,36-,37+,38-,39-,40-,41+,42+,45+,46-,47+/m0/s1. The van der Waals surface area contributed by atoms with Crippen molar-refractivity contribution in [1.29, 1.82) is 0 Å². The summed E-state index contributed by atoms with van der Waals surface area (Å²) in [6, 6.07) is -14.1. The quantitative estimate of drug-likeness (QED) is 0.0365. The van der Waals surface area contributed by atoms with Crippen molar-refractivity contribution in [3.8, 4) is 0 Å². The molecule has 0 saturated carbocycles. The van der Waals surface area contributed by atoms with Crippen LogP contribution in [0.5, 0.6) is 0 Å². The number of aliphatic hydroxyl groups excluding tert-OH is 3. The number of cyclic esters (lactones) is 1. The maximum absolute atomic E-state index is 14.7. The Morgan fingerprint density at radius 3 is 1.53 bits per heavy atom. The van der Waals surface area contributed by atoms with Crippen LogP contribution in [0.4, 0.5) is 0 Å². The lowest BCUT2D eigenvalue weighted by molar-refractivity contribution is -0.158. The van der Waals surface area contributed by atoms with Crippen LogP contribution in [-0.2, 0) is 57.5 Å². The molecule has 0 spiro atoms. The molecule has 1 rings (SSSR count). The fraction of sp³-hybridized carbons (Fsp3) is 0.804. The van der Waals surface area contributed by atoms with Crippen LogP contribution in [0.15, 0.2) is 0 Å². The number of hydrogen-bond acceptors (Lipinski definition) is 15. The predicted molar refractivity (Wildman–Crippen MR) is 300 cm³/mol. The van der Waals surface area contributed by atoms with Crippen LogP contribution in [-0.4, -0.2) is 165 Å². The second-order valence-corrected chi connectivity index (χ2v) is 23.1. The number of ether oxygens (including phenoxy) is 1. The minimum absolute atomic E-state index is 0.00994. The second kappa shape index (κ2) is 37.9. The minimum atomic E-state index is -1.95. The Morgan fingerprint density at radius 2 is 1.05 bits per heavy atom. The maximum Gasteiger partial charge on any atom is 0.329 e. The van der Waals surface area contributed by atoms with Gasteiger partial charge in [0.2, 0.25) is 53.2 Å². The number of carbonyl (C=O) groups excluding carboxylic acids is 10. The number of amides is 9. The van der Waals surface area contributed by atoms with Crippen molar-refractivity contribution in [2.24, 2.45) is 29.6 Å². The molecule has 0 aliphatic carbocycles. The summed E-state index contributed by atoms with van der Waals surface area (Å²) in [6.45, 7) is 18.3. The molecule has 0 radical (unpaired) electrons. The van der Waals surface area contributed by atoms with Gasteiger partial charge in [-0.2, -0.15) is 0 Å². The average Bonchev–Trinajstić information content (AvgIpc) is 3.41. The topological polar surface area (TPSA) is 386 Å². The molecule has 13 N–H and O–H groups in total. The third kappa shape index (κ3) is 27.6. The summed E-state index contributed by atoms with van der Waals surface area (Å²) in [5, 5.41) is 63.7. The maximum atomic E-state index is 14.7. The van der Waals surface area contributed by atoms with Gasteiger partial charge in [-0.25, -0.2) is 4.79 Å². The highest BCUT2D eigenvalue weighted by atomic mass is 16.5. The third-order valence-corrected chi connectivity index (χ3v) is 13.9.